The van der Waals surface area contributed by atoms with Crippen molar-refractivity contribution in [1.29, 1.82) is 0 Å². The lowest BCUT2D eigenvalue weighted by atomic mass is 9.86. The van der Waals surface area contributed by atoms with Gasteiger partial charge < -0.3 is 10.3 Å². The number of fused-ring (bicyclic) bond motifs is 1. The highest BCUT2D eigenvalue weighted by Gasteiger charge is 2.26. The second-order valence-corrected chi connectivity index (χ2v) is 4.99. The molecule has 1 fully saturated rings. The van der Waals surface area contributed by atoms with Crippen molar-refractivity contribution in [3.05, 3.63) is 29.1 Å². The Labute approximate surface area is 106 Å². The van der Waals surface area contributed by atoms with E-state index in [1.807, 2.05) is 0 Å². The number of nitrogens with one attached hydrogen (secondary N) is 2. The van der Waals surface area contributed by atoms with E-state index in [2.05, 4.69) is 35.2 Å². The van der Waals surface area contributed by atoms with Gasteiger partial charge in [0.25, 0.3) is 0 Å². The van der Waals surface area contributed by atoms with Crippen molar-refractivity contribution >= 4 is 16.8 Å². The van der Waals surface area contributed by atoms with Crippen LogP contribution in [0.4, 0.5) is 0 Å². The monoisotopic (exact) mass is 243 g/mol. The number of aromatic nitrogens is 2. The average molecular weight is 243 g/mol. The zero-order chi connectivity index (χ0) is 12.7. The van der Waals surface area contributed by atoms with Crippen LogP contribution in [0.15, 0.2) is 12.4 Å². The second kappa shape index (κ2) is 4.21. The third-order valence-electron chi connectivity index (χ3n) is 3.98. The number of carbonyl (C=O) groups is 1. The molecule has 1 saturated heterocycles. The first kappa shape index (κ1) is 11.4. The molecule has 0 aliphatic carbocycles. The summed E-state index contributed by atoms with van der Waals surface area (Å²) in [6.45, 7) is 5.71. The van der Waals surface area contributed by atoms with Crippen LogP contribution in [-0.4, -0.2) is 28.8 Å². The molecule has 1 aromatic carbocycles. The maximum Gasteiger partial charge on any atom is 0.142 e. The number of benzene rings is 1. The van der Waals surface area contributed by atoms with Gasteiger partial charge in [-0.25, -0.2) is 4.98 Å². The van der Waals surface area contributed by atoms with E-state index < -0.39 is 0 Å². The molecule has 18 heavy (non-hydrogen) atoms. The minimum absolute atomic E-state index is 0.00912. The summed E-state index contributed by atoms with van der Waals surface area (Å²) in [7, 11) is 0. The van der Waals surface area contributed by atoms with E-state index in [1.165, 1.54) is 11.1 Å². The third-order valence-corrected chi connectivity index (χ3v) is 3.98. The maximum absolute atomic E-state index is 12.1. The van der Waals surface area contributed by atoms with Crippen LogP contribution in [0.2, 0.25) is 0 Å². The number of hydrogen-bond acceptors (Lipinski definition) is 3. The van der Waals surface area contributed by atoms with Crippen LogP contribution in [0.5, 0.6) is 0 Å². The van der Waals surface area contributed by atoms with Gasteiger partial charge in [0.1, 0.15) is 5.78 Å². The predicted molar refractivity (Wildman–Crippen MR) is 70.8 cm³/mol. The van der Waals surface area contributed by atoms with Crippen molar-refractivity contribution in [2.24, 2.45) is 0 Å². The van der Waals surface area contributed by atoms with Gasteiger partial charge in [0.2, 0.25) is 0 Å². The van der Waals surface area contributed by atoms with Gasteiger partial charge in [0.15, 0.2) is 0 Å². The molecule has 2 aromatic rings. The van der Waals surface area contributed by atoms with E-state index >= 15 is 0 Å². The zero-order valence-electron chi connectivity index (χ0n) is 10.7. The van der Waals surface area contributed by atoms with E-state index in [9.17, 15) is 4.79 Å². The molecule has 0 bridgehead atoms. The summed E-state index contributed by atoms with van der Waals surface area (Å²) in [6.07, 6.45) is 2.34. The lowest BCUT2D eigenvalue weighted by Crippen LogP contribution is -2.35. The van der Waals surface area contributed by atoms with Gasteiger partial charge in [-0.2, -0.15) is 0 Å². The van der Waals surface area contributed by atoms with Crippen molar-refractivity contribution in [2.45, 2.75) is 26.2 Å². The fourth-order valence-electron chi connectivity index (χ4n) is 2.76. The summed E-state index contributed by atoms with van der Waals surface area (Å²) in [5.41, 5.74) is 5.53. The highest BCUT2D eigenvalue weighted by Crippen LogP contribution is 2.29. The molecule has 1 unspecified atom stereocenters. The van der Waals surface area contributed by atoms with Crippen LogP contribution in [0.25, 0.3) is 11.0 Å². The number of aryl methyl sites for hydroxylation is 1. The van der Waals surface area contributed by atoms with Crippen LogP contribution in [0.1, 0.15) is 29.0 Å². The van der Waals surface area contributed by atoms with Gasteiger partial charge in [0.05, 0.1) is 23.3 Å². The Morgan fingerprint density at radius 1 is 1.33 bits per heavy atom. The smallest absolute Gasteiger partial charge is 0.142 e. The van der Waals surface area contributed by atoms with E-state index in [0.717, 1.165) is 29.7 Å². The summed E-state index contributed by atoms with van der Waals surface area (Å²) < 4.78 is 0. The number of imidazole rings is 1. The standard InChI is InChI=1S/C14H17N3O/c1-8-9(2)14-12(16-7-17-14)5-10(8)11-6-15-4-3-13(11)18/h5,7,11,15H,3-4,6H2,1-2H3,(H,16,17). The predicted octanol–water partition coefficient (Wildman–Crippen LogP) is 1.83. The summed E-state index contributed by atoms with van der Waals surface area (Å²) in [5, 5.41) is 3.31. The van der Waals surface area contributed by atoms with Gasteiger partial charge in [-0.15, -0.1) is 0 Å². The first-order chi connectivity index (χ1) is 8.68. The number of carbonyl (C=O) groups excluding carboxylic acids is 1. The molecular formula is C14H17N3O. The molecule has 94 valence electrons. The molecule has 1 aromatic heterocycles. The van der Waals surface area contributed by atoms with Gasteiger partial charge in [-0.3, -0.25) is 4.79 Å². The summed E-state index contributed by atoms with van der Waals surface area (Å²) in [5.74, 6) is 0.334. The van der Waals surface area contributed by atoms with Gasteiger partial charge in [0, 0.05) is 19.5 Å². The highest BCUT2D eigenvalue weighted by atomic mass is 16.1. The Bertz CT molecular complexity index is 615. The number of hydrogen-bond donors (Lipinski definition) is 2. The molecule has 3 rings (SSSR count). The van der Waals surface area contributed by atoms with Crippen LogP contribution in [-0.2, 0) is 4.79 Å². The largest absolute Gasteiger partial charge is 0.345 e. The van der Waals surface area contributed by atoms with Crippen LogP contribution in [0, 0.1) is 13.8 Å². The van der Waals surface area contributed by atoms with Crippen LogP contribution < -0.4 is 5.32 Å². The van der Waals surface area contributed by atoms with Crippen molar-refractivity contribution in [3.8, 4) is 0 Å². The SMILES string of the molecule is Cc1c(C2CNCCC2=O)cc2[nH]cnc2c1C. The quantitative estimate of drug-likeness (QED) is 0.803. The van der Waals surface area contributed by atoms with Crippen molar-refractivity contribution in [1.82, 2.24) is 15.3 Å². The Morgan fingerprint density at radius 3 is 2.94 bits per heavy atom. The third kappa shape index (κ3) is 1.64. The van der Waals surface area contributed by atoms with Crippen molar-refractivity contribution in [3.63, 3.8) is 0 Å². The average Bonchev–Trinajstić information content (AvgIpc) is 2.83. The molecule has 0 amide bonds. The normalized spacial score (nSPS) is 20.6. The van der Waals surface area contributed by atoms with Gasteiger partial charge >= 0.3 is 0 Å². The molecule has 2 N–H and O–H groups in total. The Balaban J connectivity index is 2.16. The van der Waals surface area contributed by atoms with E-state index in [1.54, 1.807) is 6.33 Å². The highest BCUT2D eigenvalue weighted by molar-refractivity contribution is 5.90. The van der Waals surface area contributed by atoms with Crippen molar-refractivity contribution in [2.75, 3.05) is 13.1 Å². The fraction of sp³-hybridized carbons (Fsp3) is 0.429. The topological polar surface area (TPSA) is 57.8 Å². The summed E-state index contributed by atoms with van der Waals surface area (Å²) in [4.78, 5) is 19.5. The molecule has 2 heterocycles. The molecule has 1 atom stereocenters. The number of ketones is 1. The van der Waals surface area contributed by atoms with Crippen LogP contribution >= 0.6 is 0 Å². The number of H-pyrrole nitrogens is 1. The lowest BCUT2D eigenvalue weighted by molar-refractivity contribution is -0.121. The first-order valence-electron chi connectivity index (χ1n) is 6.35. The lowest BCUT2D eigenvalue weighted by Gasteiger charge is -2.24. The molecule has 0 radical (unpaired) electrons. The number of rotatable bonds is 1. The molecule has 1 aliphatic heterocycles. The number of Topliss-reactive ketones (excluding diaryl/α,β-unsaturated/α-hetero) is 1. The minimum atomic E-state index is -0.00912. The molecule has 4 heteroatoms. The molecular weight excluding hydrogens is 226 g/mol. The fourth-order valence-corrected chi connectivity index (χ4v) is 2.76. The Morgan fingerprint density at radius 2 is 2.17 bits per heavy atom. The number of piperidine rings is 1. The van der Waals surface area contributed by atoms with Crippen molar-refractivity contribution < 1.29 is 4.79 Å². The second-order valence-electron chi connectivity index (χ2n) is 4.99. The zero-order valence-corrected chi connectivity index (χ0v) is 10.7. The van der Waals surface area contributed by atoms with E-state index in [-0.39, 0.29) is 5.92 Å². The van der Waals surface area contributed by atoms with E-state index in [0.29, 0.717) is 12.2 Å². The molecule has 1 aliphatic rings. The Hall–Kier alpha value is -1.68. The Kier molecular flexibility index (Phi) is 2.67. The van der Waals surface area contributed by atoms with Crippen LogP contribution in [0.3, 0.4) is 0 Å². The van der Waals surface area contributed by atoms with Gasteiger partial charge in [-0.05, 0) is 36.6 Å². The van der Waals surface area contributed by atoms with Gasteiger partial charge in [-0.1, -0.05) is 0 Å². The number of nitrogens with zero attached hydrogens (tertiary/aromatic N) is 1. The molecule has 4 nitrogen and oxygen atoms in total. The maximum atomic E-state index is 12.1. The minimum Gasteiger partial charge on any atom is -0.345 e. The summed E-state index contributed by atoms with van der Waals surface area (Å²) in [6, 6.07) is 2.08. The van der Waals surface area contributed by atoms with E-state index in [4.69, 9.17) is 0 Å². The first-order valence-corrected chi connectivity index (χ1v) is 6.35. The molecule has 0 spiro atoms. The summed E-state index contributed by atoms with van der Waals surface area (Å²) >= 11 is 0. The number of aromatic amines is 1. The molecule has 0 saturated carbocycles.